The van der Waals surface area contributed by atoms with E-state index in [4.69, 9.17) is 0 Å². The average molecular weight is 312 g/mol. The first kappa shape index (κ1) is 15.2. The highest BCUT2D eigenvalue weighted by Crippen LogP contribution is 2.39. The van der Waals surface area contributed by atoms with Crippen molar-refractivity contribution >= 4 is 16.8 Å². The molecule has 1 aliphatic carbocycles. The molecule has 3 aromatic rings. The number of unbranched alkanes of at least 4 members (excludes halogenated alkanes) is 1. The molecule has 0 fully saturated rings. The number of rotatable bonds is 4. The lowest BCUT2D eigenvalue weighted by molar-refractivity contribution is 0.789. The van der Waals surface area contributed by atoms with E-state index in [1.165, 1.54) is 52.3 Å². The summed E-state index contributed by atoms with van der Waals surface area (Å²) in [6.45, 7) is 4.53. The lowest BCUT2D eigenvalue weighted by Crippen LogP contribution is -1.97. The van der Waals surface area contributed by atoms with Gasteiger partial charge in [0.05, 0.1) is 0 Å². The highest BCUT2D eigenvalue weighted by molar-refractivity contribution is 5.99. The van der Waals surface area contributed by atoms with E-state index < -0.39 is 0 Å². The van der Waals surface area contributed by atoms with Crippen molar-refractivity contribution in [2.75, 3.05) is 0 Å². The van der Waals surface area contributed by atoms with E-state index in [0.717, 1.165) is 6.42 Å². The first-order valence-corrected chi connectivity index (χ1v) is 9.08. The number of hydrogen-bond donors (Lipinski definition) is 0. The summed E-state index contributed by atoms with van der Waals surface area (Å²) in [7, 11) is 0. The van der Waals surface area contributed by atoms with Crippen molar-refractivity contribution in [2.45, 2.75) is 39.5 Å². The van der Waals surface area contributed by atoms with E-state index in [2.05, 4.69) is 74.5 Å². The molecule has 0 N–H and O–H groups in total. The van der Waals surface area contributed by atoms with Gasteiger partial charge in [0.25, 0.3) is 0 Å². The molecule has 3 aromatic carbocycles. The maximum Gasteiger partial charge on any atom is -0.00576 e. The summed E-state index contributed by atoms with van der Waals surface area (Å²) in [6, 6.07) is 20.1. The molecule has 0 saturated carbocycles. The Labute approximate surface area is 144 Å². The Morgan fingerprint density at radius 2 is 1.71 bits per heavy atom. The third-order valence-corrected chi connectivity index (χ3v) is 5.18. The third-order valence-electron chi connectivity index (χ3n) is 5.18. The van der Waals surface area contributed by atoms with Crippen molar-refractivity contribution < 1.29 is 0 Å². The second-order valence-electron chi connectivity index (χ2n) is 6.96. The minimum absolute atomic E-state index is 1.12. The Bertz CT molecular complexity index is 923. The minimum atomic E-state index is 1.12. The molecule has 0 bridgehead atoms. The SMILES string of the molecule is CCCCc1ccc(-c2cccc3ccccc23)c2c1CC(C)=C2. The maximum atomic E-state index is 2.40. The Balaban J connectivity index is 1.91. The van der Waals surface area contributed by atoms with Gasteiger partial charge in [0.2, 0.25) is 0 Å². The van der Waals surface area contributed by atoms with Crippen LogP contribution in [0, 0.1) is 0 Å². The highest BCUT2D eigenvalue weighted by Gasteiger charge is 2.19. The van der Waals surface area contributed by atoms with Crippen LogP contribution in [-0.2, 0) is 12.8 Å². The average Bonchev–Trinajstić information content (AvgIpc) is 3.01. The van der Waals surface area contributed by atoms with Crippen LogP contribution in [0.1, 0.15) is 43.4 Å². The summed E-state index contributed by atoms with van der Waals surface area (Å²) >= 11 is 0. The molecule has 0 heterocycles. The zero-order valence-electron chi connectivity index (χ0n) is 14.6. The van der Waals surface area contributed by atoms with Crippen LogP contribution in [0.3, 0.4) is 0 Å². The smallest absolute Gasteiger partial charge is 0.00576 e. The van der Waals surface area contributed by atoms with Crippen LogP contribution in [0.15, 0.2) is 60.2 Å². The monoisotopic (exact) mass is 312 g/mol. The Kier molecular flexibility index (Phi) is 3.98. The van der Waals surface area contributed by atoms with E-state index >= 15 is 0 Å². The zero-order chi connectivity index (χ0) is 16.5. The van der Waals surface area contributed by atoms with Gasteiger partial charge in [-0.1, -0.05) is 79.6 Å². The highest BCUT2D eigenvalue weighted by atomic mass is 14.2. The molecule has 0 aliphatic heterocycles. The zero-order valence-corrected chi connectivity index (χ0v) is 14.6. The van der Waals surface area contributed by atoms with Gasteiger partial charge in [-0.2, -0.15) is 0 Å². The maximum absolute atomic E-state index is 2.40. The molecule has 0 heteroatoms. The summed E-state index contributed by atoms with van der Waals surface area (Å²) in [5, 5.41) is 2.67. The fraction of sp³-hybridized carbons (Fsp3) is 0.250. The largest absolute Gasteiger partial charge is 0.0683 e. The number of hydrogen-bond acceptors (Lipinski definition) is 0. The van der Waals surface area contributed by atoms with Crippen LogP contribution in [0.4, 0.5) is 0 Å². The normalized spacial score (nSPS) is 13.2. The van der Waals surface area contributed by atoms with Gasteiger partial charge in [-0.3, -0.25) is 0 Å². The van der Waals surface area contributed by atoms with Gasteiger partial charge in [0, 0.05) is 0 Å². The van der Waals surface area contributed by atoms with Crippen LogP contribution in [0.25, 0.3) is 28.0 Å². The van der Waals surface area contributed by atoms with Gasteiger partial charge in [-0.25, -0.2) is 0 Å². The van der Waals surface area contributed by atoms with Crippen LogP contribution in [0.2, 0.25) is 0 Å². The molecule has 0 saturated heterocycles. The quantitative estimate of drug-likeness (QED) is 0.496. The molecule has 0 atom stereocenters. The van der Waals surface area contributed by atoms with E-state index in [1.54, 1.807) is 11.1 Å². The predicted octanol–water partition coefficient (Wildman–Crippen LogP) is 6.81. The molecule has 0 radical (unpaired) electrons. The van der Waals surface area contributed by atoms with E-state index in [9.17, 15) is 0 Å². The lowest BCUT2D eigenvalue weighted by atomic mass is 9.89. The molecule has 0 amide bonds. The standard InChI is InChI=1S/C24H24/c1-3-4-8-19-13-14-22(24-16-17(2)15-23(19)24)21-12-7-10-18-9-5-6-11-20(18)21/h5-7,9-14,16H,3-4,8,15H2,1-2H3. The fourth-order valence-electron chi connectivity index (χ4n) is 3.96. The molecule has 0 aromatic heterocycles. The molecular weight excluding hydrogens is 288 g/mol. The molecule has 120 valence electrons. The summed E-state index contributed by atoms with van der Waals surface area (Å²) < 4.78 is 0. The van der Waals surface area contributed by atoms with Gasteiger partial charge in [-0.05, 0) is 64.8 Å². The molecule has 24 heavy (non-hydrogen) atoms. The summed E-state index contributed by atoms with van der Waals surface area (Å²) in [6.07, 6.45) is 7.26. The van der Waals surface area contributed by atoms with Gasteiger partial charge >= 0.3 is 0 Å². The Morgan fingerprint density at radius 3 is 2.58 bits per heavy atom. The first-order valence-electron chi connectivity index (χ1n) is 9.08. The van der Waals surface area contributed by atoms with Crippen molar-refractivity contribution in [1.29, 1.82) is 0 Å². The first-order chi connectivity index (χ1) is 11.8. The topological polar surface area (TPSA) is 0 Å². The van der Waals surface area contributed by atoms with E-state index in [1.807, 2.05) is 0 Å². The molecule has 0 spiro atoms. The minimum Gasteiger partial charge on any atom is -0.0683 e. The number of benzene rings is 3. The van der Waals surface area contributed by atoms with Crippen LogP contribution in [-0.4, -0.2) is 0 Å². The van der Waals surface area contributed by atoms with Gasteiger partial charge < -0.3 is 0 Å². The molecule has 4 rings (SSSR count). The van der Waals surface area contributed by atoms with E-state index in [-0.39, 0.29) is 0 Å². The van der Waals surface area contributed by atoms with Crippen molar-refractivity contribution in [1.82, 2.24) is 0 Å². The molecular formula is C24H24. The van der Waals surface area contributed by atoms with Crippen LogP contribution >= 0.6 is 0 Å². The summed E-state index contributed by atoms with van der Waals surface area (Å²) in [5.41, 5.74) is 8.79. The number of aryl methyl sites for hydroxylation is 1. The van der Waals surface area contributed by atoms with E-state index in [0.29, 0.717) is 0 Å². The van der Waals surface area contributed by atoms with Crippen molar-refractivity contribution in [3.63, 3.8) is 0 Å². The number of allylic oxidation sites excluding steroid dienone is 1. The van der Waals surface area contributed by atoms with Crippen LogP contribution < -0.4 is 0 Å². The number of fused-ring (bicyclic) bond motifs is 2. The third kappa shape index (κ3) is 2.57. The molecule has 1 aliphatic rings. The predicted molar refractivity (Wildman–Crippen MR) is 105 cm³/mol. The Hall–Kier alpha value is -2.34. The van der Waals surface area contributed by atoms with Gasteiger partial charge in [-0.15, -0.1) is 0 Å². The van der Waals surface area contributed by atoms with Gasteiger partial charge in [0.1, 0.15) is 0 Å². The van der Waals surface area contributed by atoms with Crippen LogP contribution in [0.5, 0.6) is 0 Å². The molecule has 0 unspecified atom stereocenters. The molecule has 0 nitrogen and oxygen atoms in total. The lowest BCUT2D eigenvalue weighted by Gasteiger charge is -2.15. The van der Waals surface area contributed by atoms with Crippen molar-refractivity contribution in [3.8, 4) is 11.1 Å². The van der Waals surface area contributed by atoms with Crippen molar-refractivity contribution in [2.24, 2.45) is 0 Å². The second-order valence-corrected chi connectivity index (χ2v) is 6.96. The van der Waals surface area contributed by atoms with Crippen molar-refractivity contribution in [3.05, 3.63) is 76.9 Å². The fourth-order valence-corrected chi connectivity index (χ4v) is 3.96. The summed E-state index contributed by atoms with van der Waals surface area (Å²) in [5.74, 6) is 0. The Morgan fingerprint density at radius 1 is 0.875 bits per heavy atom. The van der Waals surface area contributed by atoms with Gasteiger partial charge in [0.15, 0.2) is 0 Å². The second kappa shape index (κ2) is 6.28. The summed E-state index contributed by atoms with van der Waals surface area (Å²) in [4.78, 5) is 0.